The molecule has 0 unspecified atom stereocenters. The summed E-state index contributed by atoms with van der Waals surface area (Å²) < 4.78 is 69.6. The highest BCUT2D eigenvalue weighted by Gasteiger charge is 2.33. The summed E-state index contributed by atoms with van der Waals surface area (Å²) in [6.45, 7) is -0.226. The number of carbonyl (C=O) groups is 1. The third-order valence-electron chi connectivity index (χ3n) is 3.96. The van der Waals surface area contributed by atoms with E-state index in [2.05, 4.69) is 20.0 Å². The number of hydrogen-bond donors (Lipinski definition) is 2. The quantitative estimate of drug-likeness (QED) is 0.558. The number of halogens is 5. The lowest BCUT2D eigenvalue weighted by Crippen LogP contribution is -2.28. The molecule has 0 fully saturated rings. The van der Waals surface area contributed by atoms with Crippen molar-refractivity contribution >= 4 is 23.0 Å². The summed E-state index contributed by atoms with van der Waals surface area (Å²) in [5.41, 5.74) is -2.48. The second-order valence-electron chi connectivity index (χ2n) is 7.22. The predicted octanol–water partition coefficient (Wildman–Crippen LogP) is 4.14. The maximum atomic E-state index is 13.1. The van der Waals surface area contributed by atoms with E-state index in [-0.39, 0.29) is 35.0 Å². The van der Waals surface area contributed by atoms with Crippen LogP contribution in [0.15, 0.2) is 36.4 Å². The van der Waals surface area contributed by atoms with Gasteiger partial charge in [-0.05, 0) is 50.2 Å². The van der Waals surface area contributed by atoms with Gasteiger partial charge in [-0.15, -0.1) is 0 Å². The van der Waals surface area contributed by atoms with Crippen LogP contribution in [0.5, 0.6) is 5.75 Å². The largest absolute Gasteiger partial charge is 0.435 e. The third-order valence-corrected chi connectivity index (χ3v) is 3.96. The van der Waals surface area contributed by atoms with Crippen molar-refractivity contribution in [3.8, 4) is 11.4 Å². The second-order valence-corrected chi connectivity index (χ2v) is 7.22. The van der Waals surface area contributed by atoms with Gasteiger partial charge in [-0.1, -0.05) is 0 Å². The fourth-order valence-corrected chi connectivity index (χ4v) is 2.78. The van der Waals surface area contributed by atoms with Gasteiger partial charge in [0.15, 0.2) is 5.65 Å². The number of benzene rings is 1. The van der Waals surface area contributed by atoms with Crippen molar-refractivity contribution in [2.45, 2.75) is 38.7 Å². The fourth-order valence-electron chi connectivity index (χ4n) is 2.78. The minimum absolute atomic E-state index is 0.0551. The molecule has 0 aliphatic heterocycles. The Morgan fingerprint density at radius 3 is 2.32 bits per heavy atom. The molecule has 0 aliphatic carbocycles. The van der Waals surface area contributed by atoms with E-state index in [4.69, 9.17) is 0 Å². The van der Waals surface area contributed by atoms with Gasteiger partial charge >= 0.3 is 12.8 Å². The summed E-state index contributed by atoms with van der Waals surface area (Å²) in [5, 5.41) is 12.3. The highest BCUT2D eigenvalue weighted by atomic mass is 19.4. The Morgan fingerprint density at radius 2 is 1.77 bits per heavy atom. The van der Waals surface area contributed by atoms with E-state index in [9.17, 15) is 31.9 Å². The number of amides is 1. The van der Waals surface area contributed by atoms with Crippen molar-refractivity contribution in [3.63, 3.8) is 0 Å². The molecule has 2 heterocycles. The molecule has 31 heavy (non-hydrogen) atoms. The third kappa shape index (κ3) is 5.45. The summed E-state index contributed by atoms with van der Waals surface area (Å²) in [5.74, 6) is -0.962. The first-order chi connectivity index (χ1) is 14.3. The summed E-state index contributed by atoms with van der Waals surface area (Å²) in [4.78, 5) is 20.0. The van der Waals surface area contributed by atoms with Crippen molar-refractivity contribution in [1.29, 1.82) is 0 Å². The minimum atomic E-state index is -4.72. The average Bonchev–Trinajstić information content (AvgIpc) is 2.96. The molecular formula is C19H17F5N4O3. The molecule has 0 aliphatic rings. The van der Waals surface area contributed by atoms with Gasteiger partial charge in [0.1, 0.15) is 17.0 Å². The average molecular weight is 444 g/mol. The molecule has 0 saturated heterocycles. The number of aromatic nitrogens is 3. The minimum Gasteiger partial charge on any atom is -0.435 e. The fraction of sp³-hybridized carbons (Fsp3) is 0.316. The number of nitrogens with zero attached hydrogens (tertiary/aromatic N) is 3. The monoisotopic (exact) mass is 444 g/mol. The first kappa shape index (κ1) is 22.4. The molecule has 0 saturated carbocycles. The van der Waals surface area contributed by atoms with Crippen LogP contribution in [-0.4, -0.2) is 37.8 Å². The number of aliphatic hydroxyl groups is 1. The predicted molar refractivity (Wildman–Crippen MR) is 100 cm³/mol. The lowest BCUT2D eigenvalue weighted by atomic mass is 10.1. The molecule has 0 spiro atoms. The number of nitrogens with one attached hydrogen (secondary N) is 1. The molecule has 3 rings (SSSR count). The summed E-state index contributed by atoms with van der Waals surface area (Å²) in [7, 11) is 0. The maximum absolute atomic E-state index is 13.1. The van der Waals surface area contributed by atoms with Crippen LogP contribution >= 0.6 is 0 Å². The van der Waals surface area contributed by atoms with E-state index in [1.165, 1.54) is 38.1 Å². The van der Waals surface area contributed by atoms with Crippen molar-refractivity contribution < 1.29 is 36.6 Å². The van der Waals surface area contributed by atoms with Gasteiger partial charge in [-0.3, -0.25) is 14.7 Å². The second kappa shape index (κ2) is 8.10. The molecule has 2 aromatic heterocycles. The van der Waals surface area contributed by atoms with E-state index in [1.807, 2.05) is 0 Å². The first-order valence-electron chi connectivity index (χ1n) is 8.88. The Bertz CT molecular complexity index is 1090. The number of fused-ring (bicyclic) bond motifs is 1. The summed E-state index contributed by atoms with van der Waals surface area (Å²) in [6.07, 6.45) is -5.03. The zero-order valence-corrected chi connectivity index (χ0v) is 16.2. The van der Waals surface area contributed by atoms with Gasteiger partial charge in [0.05, 0.1) is 17.7 Å². The van der Waals surface area contributed by atoms with E-state index >= 15 is 0 Å². The number of anilines is 1. The zero-order valence-electron chi connectivity index (χ0n) is 16.2. The number of alkyl halides is 5. The molecule has 2 N–H and O–H groups in total. The molecule has 3 aromatic rings. The lowest BCUT2D eigenvalue weighted by Gasteiger charge is -2.16. The standard InChI is InChI=1S/C19H17F5N4O3/c1-18(2,30)9-14(29)27-17-25-12-7-8-13(19(22,23)24)26-15(12)28(17)10-3-5-11(6-4-10)31-16(20)21/h3-8,16,30H,9H2,1-2H3,(H,25,27,29). The normalized spacial score (nSPS) is 12.4. The van der Waals surface area contributed by atoms with Crippen LogP contribution in [0, 0.1) is 0 Å². The topological polar surface area (TPSA) is 89.3 Å². The molecule has 1 aromatic carbocycles. The van der Waals surface area contributed by atoms with Gasteiger partial charge in [0, 0.05) is 0 Å². The van der Waals surface area contributed by atoms with Crippen LogP contribution in [0.3, 0.4) is 0 Å². The summed E-state index contributed by atoms with van der Waals surface area (Å²) >= 11 is 0. The SMILES string of the molecule is CC(C)(O)CC(=O)Nc1nc2ccc(C(F)(F)F)nc2n1-c1ccc(OC(F)F)cc1. The van der Waals surface area contributed by atoms with Gasteiger partial charge in [-0.2, -0.15) is 22.0 Å². The van der Waals surface area contributed by atoms with Crippen molar-refractivity contribution in [1.82, 2.24) is 14.5 Å². The van der Waals surface area contributed by atoms with E-state index in [1.54, 1.807) is 0 Å². The molecule has 7 nitrogen and oxygen atoms in total. The molecule has 166 valence electrons. The number of ether oxygens (including phenoxy) is 1. The number of pyridine rings is 1. The molecule has 12 heteroatoms. The van der Waals surface area contributed by atoms with Crippen LogP contribution in [0.2, 0.25) is 0 Å². The molecular weight excluding hydrogens is 427 g/mol. The lowest BCUT2D eigenvalue weighted by molar-refractivity contribution is -0.141. The zero-order chi connectivity index (χ0) is 23.0. The van der Waals surface area contributed by atoms with Crippen LogP contribution in [0.4, 0.5) is 27.9 Å². The smallest absolute Gasteiger partial charge is 0.433 e. The number of carbonyl (C=O) groups excluding carboxylic acids is 1. The summed E-state index contributed by atoms with van der Waals surface area (Å²) in [6, 6.07) is 6.81. The Hall–Kier alpha value is -3.28. The van der Waals surface area contributed by atoms with Crippen molar-refractivity contribution in [3.05, 3.63) is 42.1 Å². The van der Waals surface area contributed by atoms with E-state index < -0.39 is 30.0 Å². The van der Waals surface area contributed by atoms with Gasteiger partial charge in [0.25, 0.3) is 0 Å². The van der Waals surface area contributed by atoms with E-state index in [0.717, 1.165) is 16.7 Å². The van der Waals surface area contributed by atoms with Crippen LogP contribution in [0.25, 0.3) is 16.9 Å². The Balaban J connectivity index is 2.11. The van der Waals surface area contributed by atoms with Gasteiger partial charge in [0.2, 0.25) is 11.9 Å². The van der Waals surface area contributed by atoms with Crippen LogP contribution in [0.1, 0.15) is 26.0 Å². The molecule has 1 amide bonds. The highest BCUT2D eigenvalue weighted by molar-refractivity contribution is 5.92. The number of hydrogen-bond acceptors (Lipinski definition) is 5. The van der Waals surface area contributed by atoms with Gasteiger partial charge in [-0.25, -0.2) is 9.97 Å². The Morgan fingerprint density at radius 1 is 1.13 bits per heavy atom. The maximum Gasteiger partial charge on any atom is 0.433 e. The van der Waals surface area contributed by atoms with Crippen LogP contribution in [-0.2, 0) is 11.0 Å². The molecule has 0 bridgehead atoms. The van der Waals surface area contributed by atoms with Crippen molar-refractivity contribution in [2.75, 3.05) is 5.32 Å². The Kier molecular flexibility index (Phi) is 5.85. The Labute approximate surface area is 172 Å². The van der Waals surface area contributed by atoms with Crippen molar-refractivity contribution in [2.24, 2.45) is 0 Å². The number of imidazole rings is 1. The van der Waals surface area contributed by atoms with Gasteiger partial charge < -0.3 is 9.84 Å². The number of rotatable bonds is 6. The first-order valence-corrected chi connectivity index (χ1v) is 8.88. The highest BCUT2D eigenvalue weighted by Crippen LogP contribution is 2.31. The molecule has 0 atom stereocenters. The molecule has 0 radical (unpaired) electrons. The van der Waals surface area contributed by atoms with E-state index in [0.29, 0.717) is 0 Å². The van der Waals surface area contributed by atoms with Crippen LogP contribution < -0.4 is 10.1 Å².